The third-order valence-electron chi connectivity index (χ3n) is 4.77. The zero-order valence-electron chi connectivity index (χ0n) is 16.0. The van der Waals surface area contributed by atoms with Crippen molar-refractivity contribution in [2.75, 3.05) is 26.8 Å². The van der Waals surface area contributed by atoms with E-state index in [1.807, 2.05) is 6.92 Å². The van der Waals surface area contributed by atoms with Gasteiger partial charge in [-0.2, -0.15) is 0 Å². The van der Waals surface area contributed by atoms with Crippen LogP contribution >= 0.6 is 11.8 Å². The minimum Gasteiger partial charge on any atom is -0.493 e. The molecule has 8 heteroatoms. The van der Waals surface area contributed by atoms with Gasteiger partial charge in [0.2, 0.25) is 5.91 Å². The largest absolute Gasteiger partial charge is 0.493 e. The summed E-state index contributed by atoms with van der Waals surface area (Å²) in [6, 6.07) is 5.34. The molecule has 1 aromatic rings. The number of hydrogen-bond donors (Lipinski definition) is 1. The summed E-state index contributed by atoms with van der Waals surface area (Å²) in [4.78, 5) is 38.1. The molecule has 0 atom stereocenters. The van der Waals surface area contributed by atoms with Crippen molar-refractivity contribution in [1.29, 1.82) is 0 Å². The Hall–Kier alpha value is -2.48. The van der Waals surface area contributed by atoms with Crippen LogP contribution < -0.4 is 14.8 Å². The van der Waals surface area contributed by atoms with E-state index in [-0.39, 0.29) is 36.1 Å². The molecule has 7 nitrogen and oxygen atoms in total. The summed E-state index contributed by atoms with van der Waals surface area (Å²) in [5, 5.41) is 2.48. The van der Waals surface area contributed by atoms with Gasteiger partial charge < -0.3 is 14.8 Å². The summed E-state index contributed by atoms with van der Waals surface area (Å²) in [6.07, 6.45) is 4.59. The first-order valence-corrected chi connectivity index (χ1v) is 10.2. The van der Waals surface area contributed by atoms with Gasteiger partial charge in [0.15, 0.2) is 11.5 Å². The van der Waals surface area contributed by atoms with E-state index in [9.17, 15) is 14.4 Å². The predicted molar refractivity (Wildman–Crippen MR) is 107 cm³/mol. The third kappa shape index (κ3) is 4.49. The van der Waals surface area contributed by atoms with Crippen molar-refractivity contribution >= 4 is 34.9 Å². The molecule has 1 heterocycles. The van der Waals surface area contributed by atoms with Crippen LogP contribution in [0.2, 0.25) is 0 Å². The molecule has 1 N–H and O–H groups in total. The molecule has 1 aliphatic heterocycles. The zero-order chi connectivity index (χ0) is 20.1. The van der Waals surface area contributed by atoms with Gasteiger partial charge in [-0.3, -0.25) is 19.3 Å². The molecule has 1 saturated carbocycles. The van der Waals surface area contributed by atoms with E-state index in [0.717, 1.165) is 36.6 Å². The number of rotatable bonds is 8. The second-order valence-corrected chi connectivity index (χ2v) is 7.59. The van der Waals surface area contributed by atoms with Crippen LogP contribution in [-0.4, -0.2) is 48.8 Å². The third-order valence-corrected chi connectivity index (χ3v) is 5.68. The Morgan fingerprint density at radius 2 is 2.11 bits per heavy atom. The van der Waals surface area contributed by atoms with Crippen molar-refractivity contribution in [2.24, 2.45) is 5.92 Å². The molecule has 0 bridgehead atoms. The number of ether oxygens (including phenoxy) is 2. The number of carbonyl (C=O) groups is 3. The van der Waals surface area contributed by atoms with Crippen molar-refractivity contribution in [3.05, 3.63) is 28.7 Å². The molecular formula is C20H24N2O5S. The van der Waals surface area contributed by atoms with Gasteiger partial charge >= 0.3 is 0 Å². The SMILES string of the molecule is CCOc1ccc(/C=C2\SC(=O)N(CCNC(=O)C3CCC3)C2=O)cc1OC. The molecule has 3 rings (SSSR count). The highest BCUT2D eigenvalue weighted by Crippen LogP contribution is 2.34. The summed E-state index contributed by atoms with van der Waals surface area (Å²) >= 11 is 0.899. The lowest BCUT2D eigenvalue weighted by molar-refractivity contribution is -0.128. The Kier molecular flexibility index (Phi) is 6.61. The van der Waals surface area contributed by atoms with Gasteiger partial charge in [0.25, 0.3) is 11.1 Å². The van der Waals surface area contributed by atoms with Crippen LogP contribution in [0.25, 0.3) is 6.08 Å². The van der Waals surface area contributed by atoms with Gasteiger partial charge in [-0.1, -0.05) is 12.5 Å². The van der Waals surface area contributed by atoms with Crippen LogP contribution in [0.5, 0.6) is 11.5 Å². The molecule has 1 saturated heterocycles. The van der Waals surface area contributed by atoms with Gasteiger partial charge in [-0.25, -0.2) is 0 Å². The first kappa shape index (κ1) is 20.3. The molecule has 2 aliphatic rings. The number of imide groups is 1. The van der Waals surface area contributed by atoms with E-state index in [2.05, 4.69) is 5.32 Å². The standard InChI is InChI=1S/C20H24N2O5S/c1-3-27-15-8-7-13(11-16(15)26-2)12-17-19(24)22(20(25)28-17)10-9-21-18(23)14-5-4-6-14/h7-8,11-12,14H,3-6,9-10H2,1-2H3,(H,21,23)/b17-12-. The molecule has 1 aromatic carbocycles. The Morgan fingerprint density at radius 1 is 1.32 bits per heavy atom. The lowest BCUT2D eigenvalue weighted by Gasteiger charge is -2.24. The quantitative estimate of drug-likeness (QED) is 0.671. The molecule has 1 aliphatic carbocycles. The smallest absolute Gasteiger partial charge is 0.293 e. The molecule has 2 fully saturated rings. The number of benzene rings is 1. The summed E-state index contributed by atoms with van der Waals surface area (Å²) in [5.74, 6) is 0.937. The molecule has 150 valence electrons. The average molecular weight is 404 g/mol. The maximum Gasteiger partial charge on any atom is 0.293 e. The first-order chi connectivity index (χ1) is 13.5. The highest BCUT2D eigenvalue weighted by atomic mass is 32.2. The lowest BCUT2D eigenvalue weighted by atomic mass is 9.85. The van der Waals surface area contributed by atoms with Crippen molar-refractivity contribution < 1.29 is 23.9 Å². The number of nitrogens with one attached hydrogen (secondary N) is 1. The minimum absolute atomic E-state index is 0.00949. The number of hydrogen-bond acceptors (Lipinski definition) is 6. The molecule has 0 spiro atoms. The Bertz CT molecular complexity index is 804. The number of carbonyl (C=O) groups excluding carboxylic acids is 3. The highest BCUT2D eigenvalue weighted by molar-refractivity contribution is 8.18. The van der Waals surface area contributed by atoms with Crippen molar-refractivity contribution in [1.82, 2.24) is 10.2 Å². The van der Waals surface area contributed by atoms with Gasteiger partial charge in [-0.15, -0.1) is 0 Å². The molecule has 0 radical (unpaired) electrons. The molecular weight excluding hydrogens is 380 g/mol. The van der Waals surface area contributed by atoms with Crippen LogP contribution in [0.15, 0.2) is 23.1 Å². The second-order valence-electron chi connectivity index (χ2n) is 6.60. The van der Waals surface area contributed by atoms with Crippen LogP contribution in [0, 0.1) is 5.92 Å². The Labute approximate surface area is 168 Å². The number of nitrogens with zero attached hydrogens (tertiary/aromatic N) is 1. The fraction of sp³-hybridized carbons (Fsp3) is 0.450. The topological polar surface area (TPSA) is 84.9 Å². The first-order valence-electron chi connectivity index (χ1n) is 9.37. The van der Waals surface area contributed by atoms with Crippen molar-refractivity contribution in [3.8, 4) is 11.5 Å². The van der Waals surface area contributed by atoms with Crippen LogP contribution in [-0.2, 0) is 9.59 Å². The monoisotopic (exact) mass is 404 g/mol. The van der Waals surface area contributed by atoms with E-state index in [0.29, 0.717) is 23.0 Å². The molecule has 3 amide bonds. The van der Waals surface area contributed by atoms with E-state index >= 15 is 0 Å². The summed E-state index contributed by atoms with van der Waals surface area (Å²) < 4.78 is 10.8. The molecule has 28 heavy (non-hydrogen) atoms. The summed E-state index contributed by atoms with van der Waals surface area (Å²) in [5.41, 5.74) is 0.740. The van der Waals surface area contributed by atoms with E-state index in [4.69, 9.17) is 9.47 Å². The van der Waals surface area contributed by atoms with Gasteiger partial charge in [0, 0.05) is 19.0 Å². The molecule has 0 aromatic heterocycles. The van der Waals surface area contributed by atoms with Crippen LogP contribution in [0.3, 0.4) is 0 Å². The van der Waals surface area contributed by atoms with Crippen molar-refractivity contribution in [3.63, 3.8) is 0 Å². The van der Waals surface area contributed by atoms with E-state index in [1.54, 1.807) is 31.4 Å². The predicted octanol–water partition coefficient (Wildman–Crippen LogP) is 3.05. The summed E-state index contributed by atoms with van der Waals surface area (Å²) in [6.45, 7) is 2.86. The van der Waals surface area contributed by atoms with Gasteiger partial charge in [0.05, 0.1) is 18.6 Å². The van der Waals surface area contributed by atoms with Gasteiger partial charge in [-0.05, 0) is 55.3 Å². The van der Waals surface area contributed by atoms with Gasteiger partial charge in [0.1, 0.15) is 0 Å². The highest BCUT2D eigenvalue weighted by Gasteiger charge is 2.35. The zero-order valence-corrected chi connectivity index (χ0v) is 16.8. The minimum atomic E-state index is -0.347. The summed E-state index contributed by atoms with van der Waals surface area (Å²) in [7, 11) is 1.55. The van der Waals surface area contributed by atoms with Crippen LogP contribution in [0.1, 0.15) is 31.7 Å². The number of thioether (sulfide) groups is 1. The average Bonchev–Trinajstić information content (AvgIpc) is 2.89. The Balaban J connectivity index is 1.62. The fourth-order valence-electron chi connectivity index (χ4n) is 3.00. The van der Waals surface area contributed by atoms with E-state index in [1.165, 1.54) is 4.90 Å². The maximum absolute atomic E-state index is 12.6. The normalized spacial score (nSPS) is 18.4. The lowest BCUT2D eigenvalue weighted by Crippen LogP contribution is -2.40. The molecule has 0 unspecified atom stereocenters. The number of amides is 3. The Morgan fingerprint density at radius 3 is 2.75 bits per heavy atom. The van der Waals surface area contributed by atoms with Crippen LogP contribution in [0.4, 0.5) is 4.79 Å². The maximum atomic E-state index is 12.6. The van der Waals surface area contributed by atoms with Crippen molar-refractivity contribution in [2.45, 2.75) is 26.2 Å². The second kappa shape index (κ2) is 9.14. The number of methoxy groups -OCH3 is 1. The fourth-order valence-corrected chi connectivity index (χ4v) is 3.86. The van der Waals surface area contributed by atoms with E-state index < -0.39 is 0 Å².